The molecule has 6 nitrogen and oxygen atoms in total. The summed E-state index contributed by atoms with van der Waals surface area (Å²) in [5.74, 6) is -1.86. The first-order valence-corrected chi connectivity index (χ1v) is 7.89. The largest absolute Gasteiger partial charge is 0.443 e. The number of hydrogen-bond acceptors (Lipinski definition) is 6. The minimum atomic E-state index is -0.883. The third-order valence-electron chi connectivity index (χ3n) is 2.93. The topological polar surface area (TPSA) is 76.7 Å². The molecule has 1 aromatic carbocycles. The lowest BCUT2D eigenvalue weighted by Crippen LogP contribution is -2.14. The van der Waals surface area contributed by atoms with Gasteiger partial charge < -0.3 is 14.6 Å². The van der Waals surface area contributed by atoms with Gasteiger partial charge in [0.15, 0.2) is 6.61 Å². The Morgan fingerprint density at radius 3 is 3.04 bits per heavy atom. The van der Waals surface area contributed by atoms with Gasteiger partial charge in [-0.15, -0.1) is 11.3 Å². The monoisotopic (exact) mass is 363 g/mol. The zero-order valence-electron chi connectivity index (χ0n) is 12.6. The van der Waals surface area contributed by atoms with Gasteiger partial charge in [0.1, 0.15) is 29.8 Å². The third-order valence-corrected chi connectivity index (χ3v) is 3.79. The molecule has 128 valence electrons. The van der Waals surface area contributed by atoms with Crippen LogP contribution in [0, 0.1) is 11.6 Å². The fourth-order valence-electron chi connectivity index (χ4n) is 1.83. The second-order valence-electron chi connectivity index (χ2n) is 4.74. The molecular weight excluding hydrogens is 352 g/mol. The Bertz CT molecular complexity index is 894. The number of nitrogens with one attached hydrogen (secondary N) is 1. The van der Waals surface area contributed by atoms with Crippen LogP contribution in [-0.2, 0) is 16.2 Å². The molecular formula is C16H11F2N3O3S. The van der Waals surface area contributed by atoms with Crippen LogP contribution in [0.15, 0.2) is 51.5 Å². The summed E-state index contributed by atoms with van der Waals surface area (Å²) in [4.78, 5) is 21.6. The Balaban J connectivity index is 1.49. The van der Waals surface area contributed by atoms with E-state index in [2.05, 4.69) is 15.5 Å². The van der Waals surface area contributed by atoms with E-state index in [-0.39, 0.29) is 12.3 Å². The van der Waals surface area contributed by atoms with Gasteiger partial charge in [0.2, 0.25) is 5.89 Å². The molecule has 0 bridgehead atoms. The molecule has 0 unspecified atom stereocenters. The van der Waals surface area contributed by atoms with Crippen molar-refractivity contribution in [1.29, 1.82) is 0 Å². The number of anilines is 1. The minimum Gasteiger partial charge on any atom is -0.443 e. The van der Waals surface area contributed by atoms with E-state index < -0.39 is 17.5 Å². The molecule has 3 rings (SSSR count). The van der Waals surface area contributed by atoms with Crippen LogP contribution in [0.2, 0.25) is 0 Å². The molecule has 1 amide bonds. The number of rotatable bonds is 6. The molecule has 2 aromatic heterocycles. The molecule has 0 aliphatic carbocycles. The molecule has 0 atom stereocenters. The molecule has 0 saturated heterocycles. The van der Waals surface area contributed by atoms with Crippen LogP contribution in [0.1, 0.15) is 5.69 Å². The van der Waals surface area contributed by atoms with Crippen molar-refractivity contribution in [2.24, 2.45) is 5.16 Å². The maximum Gasteiger partial charge on any atom is 0.270 e. The van der Waals surface area contributed by atoms with Gasteiger partial charge in [-0.05, 0) is 23.6 Å². The summed E-state index contributed by atoms with van der Waals surface area (Å²) in [6.45, 7) is 0.00354. The van der Waals surface area contributed by atoms with Crippen LogP contribution >= 0.6 is 11.3 Å². The molecule has 0 radical (unpaired) electrons. The van der Waals surface area contributed by atoms with E-state index in [9.17, 15) is 13.6 Å². The number of aromatic nitrogens is 1. The highest BCUT2D eigenvalue weighted by atomic mass is 32.1. The summed E-state index contributed by atoms with van der Waals surface area (Å²) in [7, 11) is 0. The molecule has 25 heavy (non-hydrogen) atoms. The first-order chi connectivity index (χ1) is 12.1. The Hall–Kier alpha value is -3.07. The van der Waals surface area contributed by atoms with Gasteiger partial charge in [0.05, 0.1) is 10.6 Å². The van der Waals surface area contributed by atoms with Crippen LogP contribution in [0.25, 0.3) is 10.8 Å². The lowest BCUT2D eigenvalue weighted by Gasteiger charge is -2.02. The first-order valence-electron chi connectivity index (χ1n) is 7.01. The SMILES string of the molecule is O=C(/C=N/OCc1coc(-c2cccs2)n1)Nc1ccc(F)cc1F. The maximum atomic E-state index is 13.4. The highest BCUT2D eigenvalue weighted by molar-refractivity contribution is 7.13. The van der Waals surface area contributed by atoms with E-state index in [1.165, 1.54) is 17.6 Å². The molecule has 0 aliphatic heterocycles. The second-order valence-corrected chi connectivity index (χ2v) is 5.69. The Morgan fingerprint density at radius 1 is 1.40 bits per heavy atom. The number of hydrogen-bond donors (Lipinski definition) is 1. The molecule has 3 aromatic rings. The number of amides is 1. The Kier molecular flexibility index (Phi) is 5.14. The van der Waals surface area contributed by atoms with Crippen molar-refractivity contribution >= 4 is 29.1 Å². The first kappa shape index (κ1) is 16.8. The van der Waals surface area contributed by atoms with Gasteiger partial charge in [-0.2, -0.15) is 0 Å². The van der Waals surface area contributed by atoms with Crippen molar-refractivity contribution in [2.75, 3.05) is 5.32 Å². The van der Waals surface area contributed by atoms with Gasteiger partial charge >= 0.3 is 0 Å². The zero-order valence-corrected chi connectivity index (χ0v) is 13.4. The van der Waals surface area contributed by atoms with Crippen LogP contribution in [0.4, 0.5) is 14.5 Å². The van der Waals surface area contributed by atoms with Gasteiger partial charge in [0, 0.05) is 6.07 Å². The van der Waals surface area contributed by atoms with E-state index in [1.54, 1.807) is 0 Å². The molecule has 0 aliphatic rings. The number of oxazole rings is 1. The number of nitrogens with zero attached hydrogens (tertiary/aromatic N) is 2. The lowest BCUT2D eigenvalue weighted by atomic mass is 10.3. The van der Waals surface area contributed by atoms with Crippen molar-refractivity contribution < 1.29 is 22.8 Å². The molecule has 9 heteroatoms. The zero-order chi connectivity index (χ0) is 17.6. The van der Waals surface area contributed by atoms with Crippen molar-refractivity contribution in [3.63, 3.8) is 0 Å². The highest BCUT2D eigenvalue weighted by Gasteiger charge is 2.08. The number of halogens is 2. The summed E-state index contributed by atoms with van der Waals surface area (Å²) in [5.41, 5.74) is 0.348. The van der Waals surface area contributed by atoms with Crippen LogP contribution in [-0.4, -0.2) is 17.1 Å². The van der Waals surface area contributed by atoms with E-state index in [1.807, 2.05) is 17.5 Å². The number of benzene rings is 1. The van der Waals surface area contributed by atoms with E-state index >= 15 is 0 Å². The van der Waals surface area contributed by atoms with Crippen molar-refractivity contribution in [2.45, 2.75) is 6.61 Å². The summed E-state index contributed by atoms with van der Waals surface area (Å²) >= 11 is 1.49. The van der Waals surface area contributed by atoms with E-state index in [4.69, 9.17) is 9.25 Å². The molecule has 0 spiro atoms. The number of oxime groups is 1. The molecule has 1 N–H and O–H groups in total. The van der Waals surface area contributed by atoms with Crippen LogP contribution in [0.5, 0.6) is 0 Å². The third kappa shape index (κ3) is 4.48. The van der Waals surface area contributed by atoms with Crippen molar-refractivity contribution in [3.8, 4) is 10.8 Å². The molecule has 2 heterocycles. The summed E-state index contributed by atoms with van der Waals surface area (Å²) in [6.07, 6.45) is 2.27. The Labute approximate surface area is 144 Å². The number of carbonyl (C=O) groups is 1. The van der Waals surface area contributed by atoms with Gasteiger partial charge in [-0.1, -0.05) is 11.2 Å². The minimum absolute atomic E-state index is 0.00354. The smallest absolute Gasteiger partial charge is 0.270 e. The highest BCUT2D eigenvalue weighted by Crippen LogP contribution is 2.23. The molecule has 0 saturated carbocycles. The van der Waals surface area contributed by atoms with Gasteiger partial charge in [0.25, 0.3) is 5.91 Å². The fourth-order valence-corrected chi connectivity index (χ4v) is 2.49. The van der Waals surface area contributed by atoms with E-state index in [0.29, 0.717) is 17.7 Å². The van der Waals surface area contributed by atoms with Crippen LogP contribution in [0.3, 0.4) is 0 Å². The number of carbonyl (C=O) groups excluding carboxylic acids is 1. The van der Waals surface area contributed by atoms with Crippen molar-refractivity contribution in [1.82, 2.24) is 4.98 Å². The predicted octanol–water partition coefficient (Wildman–Crippen LogP) is 3.82. The summed E-state index contributed by atoms with van der Waals surface area (Å²) in [5, 5.41) is 7.59. The quantitative estimate of drug-likeness (QED) is 0.533. The fraction of sp³-hybridized carbons (Fsp3) is 0.0625. The molecule has 0 fully saturated rings. The standard InChI is InChI=1S/C16H11F2N3O3S/c17-10-3-4-13(12(18)6-10)21-15(22)7-19-24-9-11-8-23-16(20-11)14-2-1-5-25-14/h1-8H,9H2,(H,21,22)/b19-7+. The summed E-state index contributed by atoms with van der Waals surface area (Å²) < 4.78 is 31.5. The summed E-state index contributed by atoms with van der Waals surface area (Å²) in [6, 6.07) is 6.56. The predicted molar refractivity (Wildman–Crippen MR) is 88.1 cm³/mol. The van der Waals surface area contributed by atoms with Crippen molar-refractivity contribution in [3.05, 3.63) is 59.3 Å². The van der Waals surface area contributed by atoms with E-state index in [0.717, 1.165) is 23.2 Å². The lowest BCUT2D eigenvalue weighted by molar-refractivity contribution is -0.110. The number of thiophene rings is 1. The second kappa shape index (κ2) is 7.67. The average molecular weight is 363 g/mol. The Morgan fingerprint density at radius 2 is 2.28 bits per heavy atom. The van der Waals surface area contributed by atoms with Gasteiger partial charge in [-0.25, -0.2) is 13.8 Å². The van der Waals surface area contributed by atoms with Crippen LogP contribution < -0.4 is 5.32 Å². The average Bonchev–Trinajstić information content (AvgIpc) is 3.25. The van der Waals surface area contributed by atoms with Gasteiger partial charge in [-0.3, -0.25) is 4.79 Å². The maximum absolute atomic E-state index is 13.4. The normalized spacial score (nSPS) is 11.0.